The fourth-order valence-corrected chi connectivity index (χ4v) is 5.84. The van der Waals surface area contributed by atoms with E-state index in [-0.39, 0.29) is 0 Å². The van der Waals surface area contributed by atoms with Gasteiger partial charge in [-0.1, -0.05) is 45.9 Å². The smallest absolute Gasteiger partial charge is 0.130 e. The Morgan fingerprint density at radius 3 is 2.49 bits per heavy atom. The van der Waals surface area contributed by atoms with Gasteiger partial charge in [-0.3, -0.25) is 9.58 Å². The van der Waals surface area contributed by atoms with E-state index in [4.69, 9.17) is 0 Å². The Morgan fingerprint density at radius 1 is 0.927 bits per heavy atom. The van der Waals surface area contributed by atoms with Gasteiger partial charge in [0.25, 0.3) is 0 Å². The summed E-state index contributed by atoms with van der Waals surface area (Å²) >= 11 is 0. The summed E-state index contributed by atoms with van der Waals surface area (Å²) in [5, 5.41) is 10.3. The minimum absolute atomic E-state index is 0.787. The van der Waals surface area contributed by atoms with Crippen molar-refractivity contribution >= 4 is 28.1 Å². The summed E-state index contributed by atoms with van der Waals surface area (Å²) in [4.78, 5) is 14.2. The Bertz CT molecular complexity index is 1460. The summed E-state index contributed by atoms with van der Waals surface area (Å²) in [6, 6.07) is 12.9. The first kappa shape index (κ1) is 28.8. The van der Waals surface area contributed by atoms with Gasteiger partial charge in [-0.15, -0.1) is 0 Å². The van der Waals surface area contributed by atoms with E-state index in [0.29, 0.717) is 0 Å². The molecule has 0 spiro atoms. The number of fused-ring (bicyclic) bond motifs is 1. The lowest BCUT2D eigenvalue weighted by atomic mass is 9.99. The number of hydrogen-bond acceptors (Lipinski definition) is 6. The van der Waals surface area contributed by atoms with Crippen molar-refractivity contribution in [2.75, 3.05) is 36.4 Å². The molecule has 216 valence electrons. The highest BCUT2D eigenvalue weighted by atomic mass is 15.3. The summed E-state index contributed by atoms with van der Waals surface area (Å²) in [5.41, 5.74) is 5.52. The van der Waals surface area contributed by atoms with Gasteiger partial charge in [0, 0.05) is 61.3 Å². The van der Waals surface area contributed by atoms with Crippen molar-refractivity contribution in [3.05, 3.63) is 72.8 Å². The molecule has 4 aromatic rings. The predicted molar refractivity (Wildman–Crippen MR) is 172 cm³/mol. The van der Waals surface area contributed by atoms with Crippen LogP contribution in [0.2, 0.25) is 0 Å². The van der Waals surface area contributed by atoms with Gasteiger partial charge < -0.3 is 10.2 Å². The first-order valence-electron chi connectivity index (χ1n) is 15.3. The fraction of sp³-hybridized carbons (Fsp3) is 0.441. The maximum Gasteiger partial charge on any atom is 0.130 e. The summed E-state index contributed by atoms with van der Waals surface area (Å²) in [6.45, 7) is 16.0. The zero-order valence-corrected chi connectivity index (χ0v) is 25.2. The summed E-state index contributed by atoms with van der Waals surface area (Å²) in [6.07, 6.45) is 12.2. The molecule has 2 aliphatic rings. The molecular formula is C34H45N7. The molecule has 3 aromatic heterocycles. The highest BCUT2D eigenvalue weighted by molar-refractivity contribution is 5.90. The van der Waals surface area contributed by atoms with Crippen LogP contribution in [0.4, 0.5) is 11.6 Å². The molecule has 6 rings (SSSR count). The van der Waals surface area contributed by atoms with Crippen LogP contribution < -0.4 is 10.2 Å². The van der Waals surface area contributed by atoms with Crippen LogP contribution in [-0.4, -0.2) is 50.8 Å². The Balaban J connectivity index is 0.00000165. The van der Waals surface area contributed by atoms with Gasteiger partial charge in [0.2, 0.25) is 0 Å². The Hall–Kier alpha value is -3.71. The van der Waals surface area contributed by atoms with Crippen LogP contribution in [0, 0.1) is 5.92 Å². The summed E-state index contributed by atoms with van der Waals surface area (Å²) in [5.74, 6) is 2.60. The first-order chi connectivity index (χ1) is 20.0. The van der Waals surface area contributed by atoms with E-state index in [9.17, 15) is 0 Å². The standard InChI is InChI=1S/C32H39N7.C2H6/c1-23-10-15-39(16-11-23)32-19-25(9-12-33-32)24(2)36-31-18-28-17-26(7-8-27(28)20-34-31)29-21-35-37(3)30(29)22-38-13-5-4-6-14-38;1-2/h7-9,12,17-21,23H,2,4-6,10-11,13-16,22H2,1,3H3,(H,34,36);1-2H3. The maximum absolute atomic E-state index is 4.67. The summed E-state index contributed by atoms with van der Waals surface area (Å²) in [7, 11) is 2.05. The van der Waals surface area contributed by atoms with E-state index in [1.165, 1.54) is 62.0 Å². The molecule has 0 radical (unpaired) electrons. The molecule has 2 fully saturated rings. The van der Waals surface area contributed by atoms with Crippen LogP contribution in [-0.2, 0) is 13.6 Å². The number of piperidine rings is 2. The number of hydrogen-bond donors (Lipinski definition) is 1. The van der Waals surface area contributed by atoms with Crippen molar-refractivity contribution in [3.8, 4) is 11.1 Å². The van der Waals surface area contributed by atoms with Crippen molar-refractivity contribution in [2.24, 2.45) is 13.0 Å². The van der Waals surface area contributed by atoms with Crippen LogP contribution >= 0.6 is 0 Å². The van der Waals surface area contributed by atoms with E-state index in [0.717, 1.165) is 59.2 Å². The van der Waals surface area contributed by atoms with Crippen molar-refractivity contribution in [1.82, 2.24) is 24.6 Å². The van der Waals surface area contributed by atoms with Crippen LogP contribution in [0.25, 0.3) is 27.6 Å². The molecule has 2 aliphatic heterocycles. The molecule has 5 heterocycles. The molecule has 0 atom stereocenters. The first-order valence-corrected chi connectivity index (χ1v) is 15.3. The largest absolute Gasteiger partial charge is 0.357 e. The average molecular weight is 552 g/mol. The molecular weight excluding hydrogens is 506 g/mol. The van der Waals surface area contributed by atoms with Gasteiger partial charge in [0.1, 0.15) is 11.6 Å². The SMILES string of the molecule is C=C(Nc1cc2cc(-c3cnn(C)c3CN3CCCCC3)ccc2cn1)c1ccnc(N2CCC(C)CC2)c1.CC. The molecule has 41 heavy (non-hydrogen) atoms. The second-order valence-electron chi connectivity index (χ2n) is 11.3. The van der Waals surface area contributed by atoms with Crippen molar-refractivity contribution in [3.63, 3.8) is 0 Å². The number of aromatic nitrogens is 4. The molecule has 0 saturated carbocycles. The Morgan fingerprint density at radius 2 is 1.71 bits per heavy atom. The van der Waals surface area contributed by atoms with Crippen LogP contribution in [0.3, 0.4) is 0 Å². The van der Waals surface area contributed by atoms with Gasteiger partial charge in [0.05, 0.1) is 11.9 Å². The molecule has 0 aliphatic carbocycles. The summed E-state index contributed by atoms with van der Waals surface area (Å²) < 4.78 is 2.03. The lowest BCUT2D eigenvalue weighted by Crippen LogP contribution is -2.33. The number of anilines is 2. The molecule has 1 N–H and O–H groups in total. The molecule has 2 saturated heterocycles. The average Bonchev–Trinajstić information content (AvgIpc) is 3.38. The van der Waals surface area contributed by atoms with Crippen LogP contribution in [0.1, 0.15) is 64.1 Å². The molecule has 7 nitrogen and oxygen atoms in total. The molecule has 1 aromatic carbocycles. The third-order valence-corrected chi connectivity index (χ3v) is 8.40. The van der Waals surface area contributed by atoms with Gasteiger partial charge in [-0.2, -0.15) is 5.10 Å². The van der Waals surface area contributed by atoms with E-state index in [2.05, 4.69) is 81.1 Å². The lowest BCUT2D eigenvalue weighted by molar-refractivity contribution is 0.216. The molecule has 0 amide bonds. The number of aryl methyl sites for hydroxylation is 1. The van der Waals surface area contributed by atoms with Gasteiger partial charge >= 0.3 is 0 Å². The Labute approximate surface area is 245 Å². The molecule has 0 bridgehead atoms. The van der Waals surface area contributed by atoms with Crippen molar-refractivity contribution in [2.45, 2.75) is 59.4 Å². The number of likely N-dealkylation sites (tertiary alicyclic amines) is 1. The highest BCUT2D eigenvalue weighted by Crippen LogP contribution is 2.30. The van der Waals surface area contributed by atoms with Gasteiger partial charge in [-0.05, 0) is 79.9 Å². The third-order valence-electron chi connectivity index (χ3n) is 8.40. The monoisotopic (exact) mass is 551 g/mol. The minimum atomic E-state index is 0.787. The van der Waals surface area contributed by atoms with Gasteiger partial charge in [-0.25, -0.2) is 9.97 Å². The van der Waals surface area contributed by atoms with E-state index < -0.39 is 0 Å². The number of pyridine rings is 2. The van der Waals surface area contributed by atoms with E-state index in [1.54, 1.807) is 0 Å². The lowest BCUT2D eigenvalue weighted by Gasteiger charge is -2.31. The zero-order chi connectivity index (χ0) is 28.8. The normalized spacial score (nSPS) is 16.3. The number of nitrogens with zero attached hydrogens (tertiary/aromatic N) is 6. The van der Waals surface area contributed by atoms with Crippen LogP contribution in [0.5, 0.6) is 0 Å². The van der Waals surface area contributed by atoms with Crippen molar-refractivity contribution in [1.29, 1.82) is 0 Å². The number of nitrogens with one attached hydrogen (secondary N) is 1. The highest BCUT2D eigenvalue weighted by Gasteiger charge is 2.19. The minimum Gasteiger partial charge on any atom is -0.357 e. The Kier molecular flexibility index (Phi) is 9.35. The topological polar surface area (TPSA) is 62.1 Å². The number of rotatable bonds is 7. The van der Waals surface area contributed by atoms with E-state index >= 15 is 0 Å². The third kappa shape index (κ3) is 6.79. The second-order valence-corrected chi connectivity index (χ2v) is 11.3. The van der Waals surface area contributed by atoms with Gasteiger partial charge in [0.15, 0.2) is 0 Å². The molecule has 0 unspecified atom stereocenters. The molecule has 7 heteroatoms. The second kappa shape index (κ2) is 13.3. The maximum atomic E-state index is 4.67. The van der Waals surface area contributed by atoms with E-state index in [1.807, 2.05) is 43.2 Å². The predicted octanol–water partition coefficient (Wildman–Crippen LogP) is 7.36. The van der Waals surface area contributed by atoms with Crippen molar-refractivity contribution < 1.29 is 0 Å². The zero-order valence-electron chi connectivity index (χ0n) is 25.2. The fourth-order valence-electron chi connectivity index (χ4n) is 5.84. The van der Waals surface area contributed by atoms with Crippen LogP contribution in [0.15, 0.2) is 61.6 Å². The quantitative estimate of drug-likeness (QED) is 0.259. The number of benzene rings is 1.